The third-order valence-corrected chi connectivity index (χ3v) is 5.88. The van der Waals surface area contributed by atoms with E-state index in [1.807, 2.05) is 43.3 Å². The summed E-state index contributed by atoms with van der Waals surface area (Å²) in [5.74, 6) is -0.482. The summed E-state index contributed by atoms with van der Waals surface area (Å²) in [5, 5.41) is 18.3. The molecule has 0 aliphatic carbocycles. The number of carboxylic acid groups (broad SMARTS) is 1. The van der Waals surface area contributed by atoms with Crippen LogP contribution in [0.15, 0.2) is 66.7 Å². The van der Waals surface area contributed by atoms with Crippen LogP contribution in [0.4, 0.5) is 16.3 Å². The quantitative estimate of drug-likeness (QED) is 0.292. The molecule has 174 valence electrons. The minimum absolute atomic E-state index is 0.0395. The third-order valence-electron chi connectivity index (χ3n) is 5.32. The van der Waals surface area contributed by atoms with E-state index in [0.29, 0.717) is 23.1 Å². The Morgan fingerprint density at radius 2 is 1.79 bits per heavy atom. The van der Waals surface area contributed by atoms with Gasteiger partial charge in [0.25, 0.3) is 0 Å². The number of aromatic nitrogens is 2. The van der Waals surface area contributed by atoms with Gasteiger partial charge in [-0.3, -0.25) is 4.90 Å². The van der Waals surface area contributed by atoms with E-state index in [-0.39, 0.29) is 10.6 Å². The average molecular weight is 497 g/mol. The standard InChI is InChI=1S/C25H22Cl2N4O3/c1-2-3-14-30(25(34)28-22-13-8-16(24(32)33)15-20(22)27)23-19-6-4-5-7-21(19)29-31(23)18-11-9-17(26)10-12-18/h4-13,15H,2-3,14H2,1H3,(H,28,34)(H,32,33). The number of hydrogen-bond acceptors (Lipinski definition) is 3. The predicted octanol–water partition coefficient (Wildman–Crippen LogP) is 6.87. The number of hydrogen-bond donors (Lipinski definition) is 2. The zero-order valence-corrected chi connectivity index (χ0v) is 19.8. The van der Waals surface area contributed by atoms with Crippen molar-refractivity contribution in [2.75, 3.05) is 16.8 Å². The molecule has 0 radical (unpaired) electrons. The first-order valence-corrected chi connectivity index (χ1v) is 11.5. The fourth-order valence-corrected chi connectivity index (χ4v) is 3.95. The Morgan fingerprint density at radius 3 is 2.47 bits per heavy atom. The molecule has 0 aliphatic heterocycles. The Bertz CT molecular complexity index is 1350. The van der Waals surface area contributed by atoms with Crippen LogP contribution < -0.4 is 10.2 Å². The highest BCUT2D eigenvalue weighted by molar-refractivity contribution is 6.34. The van der Waals surface area contributed by atoms with E-state index in [4.69, 9.17) is 28.3 Å². The molecule has 0 aliphatic rings. The van der Waals surface area contributed by atoms with E-state index in [2.05, 4.69) is 5.32 Å². The molecule has 2 amide bonds. The highest BCUT2D eigenvalue weighted by Crippen LogP contribution is 2.32. The van der Waals surface area contributed by atoms with Crippen molar-refractivity contribution in [1.29, 1.82) is 0 Å². The van der Waals surface area contributed by atoms with Crippen molar-refractivity contribution < 1.29 is 14.7 Å². The van der Waals surface area contributed by atoms with E-state index in [1.165, 1.54) is 18.2 Å². The topological polar surface area (TPSA) is 87.5 Å². The highest BCUT2D eigenvalue weighted by atomic mass is 35.5. The Labute approximate surface area is 206 Å². The van der Waals surface area contributed by atoms with Crippen molar-refractivity contribution in [2.45, 2.75) is 19.8 Å². The number of rotatable bonds is 7. The van der Waals surface area contributed by atoms with Crippen molar-refractivity contribution in [3.8, 4) is 5.69 Å². The van der Waals surface area contributed by atoms with Gasteiger partial charge < -0.3 is 10.4 Å². The molecule has 0 spiro atoms. The van der Waals surface area contributed by atoms with Gasteiger partial charge in [0, 0.05) is 17.0 Å². The first-order valence-electron chi connectivity index (χ1n) is 10.7. The van der Waals surface area contributed by atoms with Crippen LogP contribution in [0.25, 0.3) is 16.6 Å². The second-order valence-corrected chi connectivity index (χ2v) is 8.51. The number of carboxylic acids is 1. The summed E-state index contributed by atoms with van der Waals surface area (Å²) in [4.78, 5) is 26.4. The number of unbranched alkanes of at least 4 members (excludes halogenated alkanes) is 1. The molecule has 1 heterocycles. The molecule has 4 aromatic rings. The first-order chi connectivity index (χ1) is 16.4. The number of fused-ring (bicyclic) bond motifs is 1. The zero-order valence-electron chi connectivity index (χ0n) is 18.3. The Balaban J connectivity index is 1.79. The minimum Gasteiger partial charge on any atom is -0.478 e. The maximum absolute atomic E-state index is 13.5. The number of carbonyl (C=O) groups excluding carboxylic acids is 1. The second-order valence-electron chi connectivity index (χ2n) is 7.66. The molecule has 0 fully saturated rings. The van der Waals surface area contributed by atoms with Crippen LogP contribution in [0.3, 0.4) is 0 Å². The van der Waals surface area contributed by atoms with E-state index in [1.54, 1.807) is 21.7 Å². The van der Waals surface area contributed by atoms with Crippen LogP contribution in [0, 0.1) is 0 Å². The Morgan fingerprint density at radius 1 is 1.06 bits per heavy atom. The molecule has 2 N–H and O–H groups in total. The lowest BCUT2D eigenvalue weighted by molar-refractivity contribution is 0.0697. The molecular weight excluding hydrogens is 475 g/mol. The largest absolute Gasteiger partial charge is 0.478 e. The first kappa shape index (κ1) is 23.6. The smallest absolute Gasteiger partial charge is 0.335 e. The monoisotopic (exact) mass is 496 g/mol. The van der Waals surface area contributed by atoms with E-state index >= 15 is 0 Å². The van der Waals surface area contributed by atoms with Crippen molar-refractivity contribution in [1.82, 2.24) is 9.78 Å². The van der Waals surface area contributed by atoms with Gasteiger partial charge >= 0.3 is 12.0 Å². The van der Waals surface area contributed by atoms with Gasteiger partial charge in [0.2, 0.25) is 0 Å². The molecule has 9 heteroatoms. The second kappa shape index (κ2) is 10.2. The molecule has 7 nitrogen and oxygen atoms in total. The Hall–Kier alpha value is -3.55. The number of anilines is 2. The van der Waals surface area contributed by atoms with Crippen LogP contribution in [-0.2, 0) is 0 Å². The number of nitrogens with zero attached hydrogens (tertiary/aromatic N) is 3. The fraction of sp³-hybridized carbons (Fsp3) is 0.160. The van der Waals surface area contributed by atoms with Gasteiger partial charge in [0.1, 0.15) is 5.82 Å². The highest BCUT2D eigenvalue weighted by Gasteiger charge is 2.25. The molecule has 3 aromatic carbocycles. The Kier molecular flexibility index (Phi) is 7.05. The molecule has 1 aromatic heterocycles. The van der Waals surface area contributed by atoms with Crippen LogP contribution in [0.2, 0.25) is 10.0 Å². The summed E-state index contributed by atoms with van der Waals surface area (Å²) in [6, 6.07) is 18.6. The van der Waals surface area contributed by atoms with Gasteiger partial charge in [-0.15, -0.1) is 0 Å². The van der Waals surface area contributed by atoms with Crippen molar-refractivity contribution in [2.24, 2.45) is 0 Å². The fourth-order valence-electron chi connectivity index (χ4n) is 3.59. The van der Waals surface area contributed by atoms with Crippen molar-refractivity contribution in [3.63, 3.8) is 0 Å². The predicted molar refractivity (Wildman–Crippen MR) is 136 cm³/mol. The molecule has 0 bridgehead atoms. The van der Waals surface area contributed by atoms with E-state index in [0.717, 1.165) is 29.4 Å². The maximum Gasteiger partial charge on any atom is 0.335 e. The number of nitrogens with one attached hydrogen (secondary N) is 1. The lowest BCUT2D eigenvalue weighted by atomic mass is 10.2. The normalized spacial score (nSPS) is 10.9. The lowest BCUT2D eigenvalue weighted by Gasteiger charge is -2.24. The van der Waals surface area contributed by atoms with E-state index in [9.17, 15) is 14.7 Å². The molecular formula is C25H22Cl2N4O3. The average Bonchev–Trinajstić information content (AvgIpc) is 3.20. The molecule has 4 rings (SSSR count). The number of urea groups is 1. The van der Waals surface area contributed by atoms with Crippen LogP contribution >= 0.6 is 23.2 Å². The van der Waals surface area contributed by atoms with Gasteiger partial charge in [-0.1, -0.05) is 48.7 Å². The summed E-state index contributed by atoms with van der Waals surface area (Å²) in [6.07, 6.45) is 1.64. The van der Waals surface area contributed by atoms with Crippen molar-refractivity contribution in [3.05, 3.63) is 82.3 Å². The number of benzene rings is 3. The van der Waals surface area contributed by atoms with Crippen LogP contribution in [-0.4, -0.2) is 33.4 Å². The summed E-state index contributed by atoms with van der Waals surface area (Å²) in [7, 11) is 0. The molecule has 0 unspecified atom stereocenters. The number of aromatic carboxylic acids is 1. The molecule has 0 atom stereocenters. The third kappa shape index (κ3) is 4.85. The maximum atomic E-state index is 13.5. The van der Waals surface area contributed by atoms with Crippen LogP contribution in [0.5, 0.6) is 0 Å². The number of halogens is 2. The summed E-state index contributed by atoms with van der Waals surface area (Å²) < 4.78 is 1.73. The van der Waals surface area contributed by atoms with Gasteiger partial charge in [-0.05, 0) is 61.0 Å². The molecule has 34 heavy (non-hydrogen) atoms. The van der Waals surface area contributed by atoms with Gasteiger partial charge in [-0.2, -0.15) is 5.10 Å². The summed E-state index contributed by atoms with van der Waals surface area (Å²) in [6.45, 7) is 2.49. The van der Waals surface area contributed by atoms with E-state index < -0.39 is 12.0 Å². The van der Waals surface area contributed by atoms with Crippen molar-refractivity contribution >= 4 is 57.6 Å². The summed E-state index contributed by atoms with van der Waals surface area (Å²) >= 11 is 12.3. The minimum atomic E-state index is -1.09. The van der Waals surface area contributed by atoms with Gasteiger partial charge in [0.05, 0.1) is 27.5 Å². The number of carbonyl (C=O) groups is 2. The molecule has 0 saturated heterocycles. The van der Waals surface area contributed by atoms with Gasteiger partial charge in [0.15, 0.2) is 0 Å². The van der Waals surface area contributed by atoms with Crippen LogP contribution in [0.1, 0.15) is 30.1 Å². The summed E-state index contributed by atoms with van der Waals surface area (Å²) in [5.41, 5.74) is 1.86. The lowest BCUT2D eigenvalue weighted by Crippen LogP contribution is -2.37. The SMILES string of the molecule is CCCCN(C(=O)Nc1ccc(C(=O)O)cc1Cl)c1c2ccccc2nn1-c1ccc(Cl)cc1. The number of amides is 2. The molecule has 0 saturated carbocycles. The van der Waals surface area contributed by atoms with Gasteiger partial charge in [-0.25, -0.2) is 14.3 Å². The zero-order chi connectivity index (χ0) is 24.2.